The molecule has 1 N–H and O–H groups in total. The molecule has 1 atom stereocenters. The fourth-order valence-electron chi connectivity index (χ4n) is 3.47. The van der Waals surface area contributed by atoms with Gasteiger partial charge in [-0.15, -0.1) is 0 Å². The molecule has 1 unspecified atom stereocenters. The lowest BCUT2D eigenvalue weighted by Gasteiger charge is -2.30. The molecule has 3 heteroatoms. The molecule has 1 aromatic heterocycles. The molecule has 2 heterocycles. The Hall–Kier alpha value is -1.09. The molecule has 3 nitrogen and oxygen atoms in total. The molecule has 21 heavy (non-hydrogen) atoms. The molecule has 2 rings (SSSR count). The Balaban J connectivity index is 2.23. The summed E-state index contributed by atoms with van der Waals surface area (Å²) in [6.45, 7) is 13.3. The number of rotatable bonds is 2. The van der Waals surface area contributed by atoms with Crippen LogP contribution in [0.3, 0.4) is 0 Å². The minimum absolute atomic E-state index is 0.0770. The molecular weight excluding hydrogens is 260 g/mol. The SMILES string of the molecule is Cc1cc(C)c(CO)c(N2CCCC(C(C)(C)C)CC2)n1. The van der Waals surface area contributed by atoms with Gasteiger partial charge in [-0.2, -0.15) is 0 Å². The van der Waals surface area contributed by atoms with E-state index in [9.17, 15) is 5.11 Å². The smallest absolute Gasteiger partial charge is 0.134 e. The number of hydrogen-bond acceptors (Lipinski definition) is 3. The van der Waals surface area contributed by atoms with Gasteiger partial charge in [0.2, 0.25) is 0 Å². The average Bonchev–Trinajstić information content (AvgIpc) is 2.63. The normalized spacial score (nSPS) is 20.5. The summed E-state index contributed by atoms with van der Waals surface area (Å²) in [6, 6.07) is 2.06. The third-order valence-electron chi connectivity index (χ3n) is 4.86. The Morgan fingerprint density at radius 1 is 1.24 bits per heavy atom. The highest BCUT2D eigenvalue weighted by molar-refractivity contribution is 5.51. The molecule has 0 amide bonds. The minimum Gasteiger partial charge on any atom is -0.392 e. The van der Waals surface area contributed by atoms with Gasteiger partial charge in [-0.25, -0.2) is 4.98 Å². The second-order valence-corrected chi connectivity index (χ2v) is 7.52. The van der Waals surface area contributed by atoms with Crippen LogP contribution in [0, 0.1) is 25.2 Å². The standard InChI is InChI=1S/C18H30N2O/c1-13-11-14(2)19-17(16(13)12-21)20-9-6-7-15(8-10-20)18(3,4)5/h11,15,21H,6-10,12H2,1-5H3. The van der Waals surface area contributed by atoms with Crippen LogP contribution >= 0.6 is 0 Å². The van der Waals surface area contributed by atoms with E-state index in [1.807, 2.05) is 6.92 Å². The summed E-state index contributed by atoms with van der Waals surface area (Å²) in [5.41, 5.74) is 3.56. The number of hydrogen-bond donors (Lipinski definition) is 1. The number of nitrogens with zero attached hydrogens (tertiary/aromatic N) is 2. The Bertz CT molecular complexity index is 491. The van der Waals surface area contributed by atoms with Crippen molar-refractivity contribution in [3.05, 3.63) is 22.9 Å². The van der Waals surface area contributed by atoms with E-state index in [1.54, 1.807) is 0 Å². The summed E-state index contributed by atoms with van der Waals surface area (Å²) in [7, 11) is 0. The molecule has 0 aliphatic carbocycles. The Labute approximate surface area is 129 Å². The topological polar surface area (TPSA) is 36.4 Å². The van der Waals surface area contributed by atoms with Crippen molar-refractivity contribution in [2.75, 3.05) is 18.0 Å². The Morgan fingerprint density at radius 3 is 2.57 bits per heavy atom. The van der Waals surface area contributed by atoms with Gasteiger partial charge in [-0.05, 0) is 56.1 Å². The van der Waals surface area contributed by atoms with Crippen LogP contribution in [-0.4, -0.2) is 23.2 Å². The summed E-state index contributed by atoms with van der Waals surface area (Å²) in [5.74, 6) is 1.77. The summed E-state index contributed by atoms with van der Waals surface area (Å²) >= 11 is 0. The van der Waals surface area contributed by atoms with Gasteiger partial charge < -0.3 is 10.0 Å². The van der Waals surface area contributed by atoms with Crippen LogP contribution < -0.4 is 4.90 Å². The number of anilines is 1. The predicted molar refractivity (Wildman–Crippen MR) is 88.6 cm³/mol. The summed E-state index contributed by atoms with van der Waals surface area (Å²) < 4.78 is 0. The van der Waals surface area contributed by atoms with Gasteiger partial charge in [0.1, 0.15) is 5.82 Å². The molecular formula is C18H30N2O. The van der Waals surface area contributed by atoms with E-state index in [-0.39, 0.29) is 6.61 Å². The van der Waals surface area contributed by atoms with Gasteiger partial charge in [0.25, 0.3) is 0 Å². The van der Waals surface area contributed by atoms with Crippen molar-refractivity contribution in [2.45, 2.75) is 60.5 Å². The van der Waals surface area contributed by atoms with E-state index in [0.717, 1.165) is 41.6 Å². The van der Waals surface area contributed by atoms with Crippen molar-refractivity contribution >= 4 is 5.82 Å². The molecule has 0 spiro atoms. The van der Waals surface area contributed by atoms with Crippen LogP contribution in [0.2, 0.25) is 0 Å². The first-order chi connectivity index (χ1) is 9.82. The molecule has 1 aromatic rings. The number of aliphatic hydroxyl groups excluding tert-OH is 1. The molecule has 0 aromatic carbocycles. The van der Waals surface area contributed by atoms with Crippen molar-refractivity contribution in [3.8, 4) is 0 Å². The second-order valence-electron chi connectivity index (χ2n) is 7.52. The third-order valence-corrected chi connectivity index (χ3v) is 4.86. The van der Waals surface area contributed by atoms with Crippen LogP contribution in [0.5, 0.6) is 0 Å². The second kappa shape index (κ2) is 6.35. The first kappa shape index (κ1) is 16.3. The number of aliphatic hydroxyl groups is 1. The van der Waals surface area contributed by atoms with Crippen molar-refractivity contribution in [3.63, 3.8) is 0 Å². The van der Waals surface area contributed by atoms with Crippen LogP contribution in [-0.2, 0) is 6.61 Å². The van der Waals surface area contributed by atoms with E-state index in [0.29, 0.717) is 5.41 Å². The van der Waals surface area contributed by atoms with Crippen molar-refractivity contribution in [1.82, 2.24) is 4.98 Å². The first-order valence-corrected chi connectivity index (χ1v) is 8.16. The van der Waals surface area contributed by atoms with Crippen molar-refractivity contribution in [1.29, 1.82) is 0 Å². The van der Waals surface area contributed by atoms with Crippen LogP contribution in [0.15, 0.2) is 6.07 Å². The van der Waals surface area contributed by atoms with E-state index in [2.05, 4.69) is 38.7 Å². The lowest BCUT2D eigenvalue weighted by atomic mass is 9.77. The van der Waals surface area contributed by atoms with Gasteiger partial charge in [-0.1, -0.05) is 20.8 Å². The maximum atomic E-state index is 9.71. The molecule has 118 valence electrons. The van der Waals surface area contributed by atoms with Gasteiger partial charge >= 0.3 is 0 Å². The van der Waals surface area contributed by atoms with E-state index < -0.39 is 0 Å². The molecule has 1 saturated heterocycles. The predicted octanol–water partition coefficient (Wildman–Crippen LogP) is 3.84. The lowest BCUT2D eigenvalue weighted by molar-refractivity contribution is 0.220. The van der Waals surface area contributed by atoms with Crippen LogP contribution in [0.1, 0.15) is 56.9 Å². The summed E-state index contributed by atoms with van der Waals surface area (Å²) in [4.78, 5) is 7.11. The fraction of sp³-hybridized carbons (Fsp3) is 0.722. The fourth-order valence-corrected chi connectivity index (χ4v) is 3.47. The number of aromatic nitrogens is 1. The Morgan fingerprint density at radius 2 is 1.95 bits per heavy atom. The van der Waals surface area contributed by atoms with Crippen molar-refractivity contribution in [2.24, 2.45) is 11.3 Å². The Kier molecular flexibility index (Phi) is 4.92. The van der Waals surface area contributed by atoms with Crippen LogP contribution in [0.4, 0.5) is 5.82 Å². The third kappa shape index (κ3) is 3.76. The number of pyridine rings is 1. The zero-order valence-corrected chi connectivity index (χ0v) is 14.2. The monoisotopic (exact) mass is 290 g/mol. The number of aryl methyl sites for hydroxylation is 2. The van der Waals surface area contributed by atoms with E-state index >= 15 is 0 Å². The molecule has 0 radical (unpaired) electrons. The largest absolute Gasteiger partial charge is 0.392 e. The van der Waals surface area contributed by atoms with Crippen molar-refractivity contribution < 1.29 is 5.11 Å². The molecule has 1 aliphatic rings. The maximum absolute atomic E-state index is 9.71. The summed E-state index contributed by atoms with van der Waals surface area (Å²) in [6.07, 6.45) is 3.71. The van der Waals surface area contributed by atoms with Gasteiger partial charge in [0.15, 0.2) is 0 Å². The molecule has 1 fully saturated rings. The molecule has 1 aliphatic heterocycles. The molecule has 0 saturated carbocycles. The molecule has 0 bridgehead atoms. The first-order valence-electron chi connectivity index (χ1n) is 8.16. The zero-order valence-electron chi connectivity index (χ0n) is 14.2. The lowest BCUT2D eigenvalue weighted by Crippen LogP contribution is -2.28. The van der Waals surface area contributed by atoms with Crippen LogP contribution in [0.25, 0.3) is 0 Å². The highest BCUT2D eigenvalue weighted by atomic mass is 16.3. The summed E-state index contributed by atoms with van der Waals surface area (Å²) in [5, 5.41) is 9.71. The van der Waals surface area contributed by atoms with E-state index in [1.165, 1.54) is 19.3 Å². The van der Waals surface area contributed by atoms with Gasteiger partial charge in [-0.3, -0.25) is 0 Å². The zero-order chi connectivity index (χ0) is 15.6. The minimum atomic E-state index is 0.0770. The van der Waals surface area contributed by atoms with Gasteiger partial charge in [0, 0.05) is 24.3 Å². The van der Waals surface area contributed by atoms with E-state index in [4.69, 9.17) is 4.98 Å². The van der Waals surface area contributed by atoms with Gasteiger partial charge in [0.05, 0.1) is 6.61 Å². The highest BCUT2D eigenvalue weighted by Gasteiger charge is 2.28. The highest BCUT2D eigenvalue weighted by Crippen LogP contribution is 2.35. The quantitative estimate of drug-likeness (QED) is 0.899. The maximum Gasteiger partial charge on any atom is 0.134 e. The average molecular weight is 290 g/mol.